The van der Waals surface area contributed by atoms with E-state index in [2.05, 4.69) is 32.4 Å². The summed E-state index contributed by atoms with van der Waals surface area (Å²) >= 11 is 0. The van der Waals surface area contributed by atoms with Gasteiger partial charge in [-0.15, -0.1) is 0 Å². The van der Waals surface area contributed by atoms with E-state index < -0.39 is 0 Å². The van der Waals surface area contributed by atoms with Crippen molar-refractivity contribution in [1.29, 1.82) is 0 Å². The largest absolute Gasteiger partial charge is 0.497 e. The van der Waals surface area contributed by atoms with Gasteiger partial charge in [-0.25, -0.2) is 9.97 Å². The first-order valence-electron chi connectivity index (χ1n) is 9.92. The molecule has 0 bridgehead atoms. The lowest BCUT2D eigenvalue weighted by Crippen LogP contribution is -2.36. The number of rotatable bonds is 8. The lowest BCUT2D eigenvalue weighted by Gasteiger charge is -2.33. The number of aromatic nitrogens is 2. The molecule has 0 unspecified atom stereocenters. The Bertz CT molecular complexity index is 766. The van der Waals surface area contributed by atoms with Gasteiger partial charge in [-0.2, -0.15) is 0 Å². The molecule has 7 heteroatoms. The molecule has 3 rings (SSSR count). The number of methoxy groups -OCH3 is 1. The van der Waals surface area contributed by atoms with E-state index in [4.69, 9.17) is 4.74 Å². The van der Waals surface area contributed by atoms with Gasteiger partial charge in [0.1, 0.15) is 23.7 Å². The number of nitrogens with one attached hydrogen (secondary N) is 2. The maximum Gasteiger partial charge on any atom is 0.224 e. The predicted molar refractivity (Wildman–Crippen MR) is 112 cm³/mol. The average Bonchev–Trinajstić information content (AvgIpc) is 2.73. The molecule has 0 spiro atoms. The lowest BCUT2D eigenvalue weighted by molar-refractivity contribution is -0.116. The first-order chi connectivity index (χ1) is 13.7. The van der Waals surface area contributed by atoms with Gasteiger partial charge >= 0.3 is 0 Å². The normalized spacial score (nSPS) is 16.5. The SMILES string of the molecule is CCNc1cc(N2CCC[C@H](CCC(=O)Nc3ccc(OC)cc3)C2)ncn1. The molecule has 1 saturated heterocycles. The van der Waals surface area contributed by atoms with Crippen molar-refractivity contribution in [3.63, 3.8) is 0 Å². The second-order valence-electron chi connectivity index (χ2n) is 7.06. The third kappa shape index (κ3) is 5.58. The minimum Gasteiger partial charge on any atom is -0.497 e. The van der Waals surface area contributed by atoms with Gasteiger partial charge in [0.05, 0.1) is 7.11 Å². The number of nitrogens with zero attached hydrogens (tertiary/aromatic N) is 3. The quantitative estimate of drug-likeness (QED) is 0.726. The molecule has 2 N–H and O–H groups in total. The molecular formula is C21H29N5O2. The van der Waals surface area contributed by atoms with Gasteiger partial charge in [-0.1, -0.05) is 0 Å². The molecule has 0 radical (unpaired) electrons. The summed E-state index contributed by atoms with van der Waals surface area (Å²) in [6.07, 6.45) is 5.28. The number of benzene rings is 1. The Hall–Kier alpha value is -2.83. The lowest BCUT2D eigenvalue weighted by atomic mass is 9.93. The smallest absolute Gasteiger partial charge is 0.224 e. The van der Waals surface area contributed by atoms with Crippen LogP contribution in [0.3, 0.4) is 0 Å². The summed E-state index contributed by atoms with van der Waals surface area (Å²) in [5, 5.41) is 6.19. The first kappa shape index (κ1) is 19.9. The van der Waals surface area contributed by atoms with E-state index in [1.54, 1.807) is 13.4 Å². The highest BCUT2D eigenvalue weighted by atomic mass is 16.5. The second kappa shape index (κ2) is 9.92. The maximum absolute atomic E-state index is 12.3. The molecule has 1 aromatic heterocycles. The van der Waals surface area contributed by atoms with Crippen LogP contribution in [0.2, 0.25) is 0 Å². The van der Waals surface area contributed by atoms with E-state index in [9.17, 15) is 4.79 Å². The first-order valence-corrected chi connectivity index (χ1v) is 9.92. The minimum atomic E-state index is 0.0544. The standard InChI is InChI=1S/C21H29N5O2/c1-3-22-19-13-20(24-15-23-19)26-12-4-5-16(14-26)6-11-21(27)25-17-7-9-18(28-2)10-8-17/h7-10,13,15-16H,3-6,11-12,14H2,1-2H3,(H,25,27)(H,22,23,24)/t16-/m1/s1. The van der Waals surface area contributed by atoms with Crippen molar-refractivity contribution in [2.45, 2.75) is 32.6 Å². The number of ether oxygens (including phenoxy) is 1. The fourth-order valence-electron chi connectivity index (χ4n) is 3.54. The summed E-state index contributed by atoms with van der Waals surface area (Å²) in [5.74, 6) is 3.14. The molecule has 2 aromatic rings. The Labute approximate surface area is 166 Å². The highest BCUT2D eigenvalue weighted by Crippen LogP contribution is 2.25. The topological polar surface area (TPSA) is 79.4 Å². The van der Waals surface area contributed by atoms with Gasteiger partial charge in [-0.05, 0) is 56.4 Å². The zero-order valence-corrected chi connectivity index (χ0v) is 16.6. The van der Waals surface area contributed by atoms with Gasteiger partial charge in [0.25, 0.3) is 0 Å². The van der Waals surface area contributed by atoms with E-state index in [1.807, 2.05) is 30.3 Å². The molecule has 28 heavy (non-hydrogen) atoms. The van der Waals surface area contributed by atoms with Crippen molar-refractivity contribution < 1.29 is 9.53 Å². The maximum atomic E-state index is 12.3. The summed E-state index contributed by atoms with van der Waals surface area (Å²) in [6.45, 7) is 4.81. The van der Waals surface area contributed by atoms with Gasteiger partial charge in [0.2, 0.25) is 5.91 Å². The molecular weight excluding hydrogens is 354 g/mol. The van der Waals surface area contributed by atoms with Crippen molar-refractivity contribution >= 4 is 23.2 Å². The third-order valence-corrected chi connectivity index (χ3v) is 5.01. The highest BCUT2D eigenvalue weighted by Gasteiger charge is 2.22. The van der Waals surface area contributed by atoms with Crippen LogP contribution < -0.4 is 20.3 Å². The van der Waals surface area contributed by atoms with Crippen LogP contribution in [0.5, 0.6) is 5.75 Å². The Morgan fingerprint density at radius 1 is 1.29 bits per heavy atom. The molecule has 150 valence electrons. The van der Waals surface area contributed by atoms with Crippen molar-refractivity contribution in [3.8, 4) is 5.75 Å². The predicted octanol–water partition coefficient (Wildman–Crippen LogP) is 3.55. The molecule has 0 saturated carbocycles. The molecule has 1 aromatic carbocycles. The summed E-state index contributed by atoms with van der Waals surface area (Å²) in [4.78, 5) is 23.3. The minimum absolute atomic E-state index is 0.0544. The number of amides is 1. The van der Waals surface area contributed by atoms with Crippen molar-refractivity contribution in [1.82, 2.24) is 9.97 Å². The van der Waals surface area contributed by atoms with Crippen LogP contribution in [0.15, 0.2) is 36.7 Å². The van der Waals surface area contributed by atoms with E-state index in [0.717, 1.165) is 62.0 Å². The third-order valence-electron chi connectivity index (χ3n) is 5.01. The highest BCUT2D eigenvalue weighted by molar-refractivity contribution is 5.90. The van der Waals surface area contributed by atoms with Crippen molar-refractivity contribution in [2.24, 2.45) is 5.92 Å². The zero-order valence-electron chi connectivity index (χ0n) is 16.6. The number of hydrogen-bond acceptors (Lipinski definition) is 6. The number of piperidine rings is 1. The van der Waals surface area contributed by atoms with E-state index in [-0.39, 0.29) is 5.91 Å². The summed E-state index contributed by atoms with van der Waals surface area (Å²) in [6, 6.07) is 9.41. The molecule has 7 nitrogen and oxygen atoms in total. The van der Waals surface area contributed by atoms with Crippen LogP contribution >= 0.6 is 0 Å². The molecule has 2 heterocycles. The van der Waals surface area contributed by atoms with Crippen molar-refractivity contribution in [3.05, 3.63) is 36.7 Å². The fraction of sp³-hybridized carbons (Fsp3) is 0.476. The van der Waals surface area contributed by atoms with Crippen molar-refractivity contribution in [2.75, 3.05) is 42.3 Å². The van der Waals surface area contributed by atoms with E-state index >= 15 is 0 Å². The Morgan fingerprint density at radius 3 is 2.86 bits per heavy atom. The van der Waals surface area contributed by atoms with Gasteiger partial charge < -0.3 is 20.3 Å². The van der Waals surface area contributed by atoms with Crippen LogP contribution in [0.25, 0.3) is 0 Å². The van der Waals surface area contributed by atoms with Crippen LogP contribution in [0, 0.1) is 5.92 Å². The van der Waals surface area contributed by atoms with Crippen LogP contribution in [-0.2, 0) is 4.79 Å². The van der Waals surface area contributed by atoms with Crippen LogP contribution in [-0.4, -0.2) is 42.6 Å². The fourth-order valence-corrected chi connectivity index (χ4v) is 3.54. The monoisotopic (exact) mass is 383 g/mol. The summed E-state index contributed by atoms with van der Waals surface area (Å²) < 4.78 is 5.14. The Kier molecular flexibility index (Phi) is 7.06. The van der Waals surface area contributed by atoms with Crippen LogP contribution in [0.4, 0.5) is 17.3 Å². The van der Waals surface area contributed by atoms with Gasteiger partial charge in [0.15, 0.2) is 0 Å². The Balaban J connectivity index is 1.49. The number of hydrogen-bond donors (Lipinski definition) is 2. The van der Waals surface area contributed by atoms with Gasteiger partial charge in [-0.3, -0.25) is 4.79 Å². The molecule has 1 aliphatic rings. The van der Waals surface area contributed by atoms with Gasteiger partial charge in [0, 0.05) is 37.8 Å². The second-order valence-corrected chi connectivity index (χ2v) is 7.06. The number of carbonyl (C=O) groups is 1. The molecule has 1 amide bonds. The summed E-state index contributed by atoms with van der Waals surface area (Å²) in [7, 11) is 1.63. The van der Waals surface area contributed by atoms with E-state index in [1.165, 1.54) is 0 Å². The van der Waals surface area contributed by atoms with Crippen LogP contribution in [0.1, 0.15) is 32.6 Å². The molecule has 0 aliphatic carbocycles. The molecule has 1 atom stereocenters. The number of carbonyl (C=O) groups excluding carboxylic acids is 1. The summed E-state index contributed by atoms with van der Waals surface area (Å²) in [5.41, 5.74) is 0.799. The molecule has 1 aliphatic heterocycles. The zero-order chi connectivity index (χ0) is 19.8. The van der Waals surface area contributed by atoms with E-state index in [0.29, 0.717) is 12.3 Å². The Morgan fingerprint density at radius 2 is 2.11 bits per heavy atom. The number of anilines is 3. The average molecular weight is 383 g/mol. The molecule has 1 fully saturated rings.